The number of aromatic nitrogens is 2. The van der Waals surface area contributed by atoms with Crippen molar-refractivity contribution in [2.75, 3.05) is 11.9 Å². The minimum atomic E-state index is -0.359. The molecule has 0 bridgehead atoms. The third-order valence-electron chi connectivity index (χ3n) is 5.19. The van der Waals surface area contributed by atoms with Crippen molar-refractivity contribution in [3.05, 3.63) is 18.2 Å². The van der Waals surface area contributed by atoms with E-state index in [-0.39, 0.29) is 29.8 Å². The largest absolute Gasteiger partial charge is 0.455 e. The predicted molar refractivity (Wildman–Crippen MR) is 102 cm³/mol. The number of benzene rings is 1. The third kappa shape index (κ3) is 4.38. The molecule has 6 nitrogen and oxygen atoms in total. The fourth-order valence-corrected chi connectivity index (χ4v) is 4.09. The van der Waals surface area contributed by atoms with Crippen LogP contribution in [0.15, 0.2) is 18.2 Å². The van der Waals surface area contributed by atoms with Crippen LogP contribution >= 0.6 is 11.7 Å². The van der Waals surface area contributed by atoms with Crippen molar-refractivity contribution in [3.63, 3.8) is 0 Å². The van der Waals surface area contributed by atoms with E-state index in [1.54, 1.807) is 12.1 Å². The van der Waals surface area contributed by atoms with Crippen molar-refractivity contribution in [1.29, 1.82) is 0 Å². The summed E-state index contributed by atoms with van der Waals surface area (Å²) in [7, 11) is 0. The van der Waals surface area contributed by atoms with Crippen LogP contribution in [0.25, 0.3) is 11.0 Å². The maximum atomic E-state index is 12.3. The highest BCUT2D eigenvalue weighted by molar-refractivity contribution is 7.00. The van der Waals surface area contributed by atoms with Crippen LogP contribution in [0.5, 0.6) is 0 Å². The molecule has 0 saturated heterocycles. The molecule has 1 amide bonds. The summed E-state index contributed by atoms with van der Waals surface area (Å²) in [6.45, 7) is 6.48. The van der Waals surface area contributed by atoms with Crippen molar-refractivity contribution in [1.82, 2.24) is 8.75 Å². The molecule has 3 rings (SSSR count). The van der Waals surface area contributed by atoms with Crippen LogP contribution in [-0.4, -0.2) is 27.2 Å². The first kappa shape index (κ1) is 18.8. The summed E-state index contributed by atoms with van der Waals surface area (Å²) in [5.74, 6) is -0.0714. The number of amides is 1. The van der Waals surface area contributed by atoms with Gasteiger partial charge in [0.15, 0.2) is 6.61 Å². The maximum Gasteiger partial charge on any atom is 0.309 e. The van der Waals surface area contributed by atoms with Crippen LogP contribution in [0.3, 0.4) is 0 Å². The van der Waals surface area contributed by atoms with Gasteiger partial charge in [-0.3, -0.25) is 9.59 Å². The van der Waals surface area contributed by atoms with E-state index in [0.717, 1.165) is 42.9 Å². The predicted octanol–water partition coefficient (Wildman–Crippen LogP) is 4.03. The van der Waals surface area contributed by atoms with Gasteiger partial charge in [-0.25, -0.2) is 0 Å². The summed E-state index contributed by atoms with van der Waals surface area (Å²) in [6.07, 6.45) is 3.75. The molecule has 1 saturated carbocycles. The zero-order valence-corrected chi connectivity index (χ0v) is 16.3. The molecule has 1 aromatic carbocycles. The first-order valence-corrected chi connectivity index (χ1v) is 9.75. The number of carbonyl (C=O) groups excluding carboxylic acids is 2. The lowest BCUT2D eigenvalue weighted by atomic mass is 9.70. The number of ether oxygens (including phenoxy) is 1. The Hall–Kier alpha value is -2.02. The average molecular weight is 375 g/mol. The van der Waals surface area contributed by atoms with Gasteiger partial charge in [-0.2, -0.15) is 8.75 Å². The number of fused-ring (bicyclic) bond motifs is 1. The number of esters is 1. The second-order valence-electron chi connectivity index (χ2n) is 8.01. The summed E-state index contributed by atoms with van der Waals surface area (Å²) < 4.78 is 13.6. The first-order chi connectivity index (χ1) is 12.3. The molecule has 1 aliphatic rings. The Labute approximate surface area is 157 Å². The lowest BCUT2D eigenvalue weighted by Gasteiger charge is -2.36. The SMILES string of the molecule is CC(C)(C)C1CCC(C(=O)OCC(=O)Nc2cccc3nsnc23)CC1. The number of anilines is 1. The number of nitrogens with zero attached hydrogens (tertiary/aromatic N) is 2. The zero-order chi connectivity index (χ0) is 18.7. The average Bonchev–Trinajstić information content (AvgIpc) is 3.09. The summed E-state index contributed by atoms with van der Waals surface area (Å²) in [4.78, 5) is 24.4. The molecule has 0 atom stereocenters. The first-order valence-electron chi connectivity index (χ1n) is 9.02. The highest BCUT2D eigenvalue weighted by Gasteiger charge is 2.33. The van der Waals surface area contributed by atoms with Crippen molar-refractivity contribution in [2.45, 2.75) is 46.5 Å². The Morgan fingerprint density at radius 1 is 1.19 bits per heavy atom. The molecule has 2 aromatic rings. The summed E-state index contributed by atoms with van der Waals surface area (Å²) in [5.41, 5.74) is 2.25. The van der Waals surface area contributed by atoms with Gasteiger partial charge in [0.1, 0.15) is 11.0 Å². The molecule has 7 heteroatoms. The summed E-state index contributed by atoms with van der Waals surface area (Å²) >= 11 is 1.10. The molecule has 26 heavy (non-hydrogen) atoms. The van der Waals surface area contributed by atoms with Crippen LogP contribution in [-0.2, 0) is 14.3 Å². The van der Waals surface area contributed by atoms with Gasteiger partial charge in [0, 0.05) is 0 Å². The summed E-state index contributed by atoms with van der Waals surface area (Å²) in [5, 5.41) is 2.74. The van der Waals surface area contributed by atoms with Crippen LogP contribution in [0.4, 0.5) is 5.69 Å². The molecule has 140 valence electrons. The van der Waals surface area contributed by atoms with Crippen LogP contribution < -0.4 is 5.32 Å². The van der Waals surface area contributed by atoms with E-state index in [1.165, 1.54) is 0 Å². The smallest absolute Gasteiger partial charge is 0.309 e. The van der Waals surface area contributed by atoms with E-state index in [0.29, 0.717) is 17.1 Å². The highest BCUT2D eigenvalue weighted by Crippen LogP contribution is 2.40. The Bertz CT molecular complexity index is 789. The lowest BCUT2D eigenvalue weighted by molar-refractivity contribution is -0.153. The van der Waals surface area contributed by atoms with E-state index in [9.17, 15) is 9.59 Å². The molecular formula is C19H25N3O3S. The Morgan fingerprint density at radius 3 is 2.62 bits per heavy atom. The third-order valence-corrected chi connectivity index (χ3v) is 5.73. The molecule has 1 aromatic heterocycles. The molecule has 0 spiro atoms. The van der Waals surface area contributed by atoms with Gasteiger partial charge in [0.05, 0.1) is 23.3 Å². The molecular weight excluding hydrogens is 350 g/mol. The fraction of sp³-hybridized carbons (Fsp3) is 0.579. The molecule has 1 heterocycles. The van der Waals surface area contributed by atoms with Gasteiger partial charge in [0.2, 0.25) is 0 Å². The van der Waals surface area contributed by atoms with Gasteiger partial charge in [0.25, 0.3) is 5.91 Å². The number of carbonyl (C=O) groups is 2. The van der Waals surface area contributed by atoms with E-state index in [4.69, 9.17) is 4.74 Å². The molecule has 1 fully saturated rings. The Balaban J connectivity index is 1.47. The topological polar surface area (TPSA) is 81.2 Å². The summed E-state index contributed by atoms with van der Waals surface area (Å²) in [6, 6.07) is 5.40. The fourth-order valence-electron chi connectivity index (χ4n) is 3.54. The second-order valence-corrected chi connectivity index (χ2v) is 8.54. The van der Waals surface area contributed by atoms with Gasteiger partial charge in [-0.15, -0.1) is 0 Å². The number of rotatable bonds is 4. The van der Waals surface area contributed by atoms with Crippen LogP contribution in [0.2, 0.25) is 0 Å². The van der Waals surface area contributed by atoms with E-state index in [1.807, 2.05) is 6.07 Å². The molecule has 1 aliphatic carbocycles. The lowest BCUT2D eigenvalue weighted by Crippen LogP contribution is -2.31. The quantitative estimate of drug-likeness (QED) is 0.816. The molecule has 0 radical (unpaired) electrons. The van der Waals surface area contributed by atoms with Gasteiger partial charge in [-0.1, -0.05) is 26.8 Å². The zero-order valence-electron chi connectivity index (χ0n) is 15.4. The Kier molecular flexibility index (Phi) is 5.55. The van der Waals surface area contributed by atoms with Gasteiger partial charge in [-0.05, 0) is 49.1 Å². The van der Waals surface area contributed by atoms with E-state index in [2.05, 4.69) is 34.8 Å². The Morgan fingerprint density at radius 2 is 1.92 bits per heavy atom. The van der Waals surface area contributed by atoms with Gasteiger partial charge < -0.3 is 10.1 Å². The van der Waals surface area contributed by atoms with Crippen LogP contribution in [0.1, 0.15) is 46.5 Å². The number of nitrogens with one attached hydrogen (secondary N) is 1. The van der Waals surface area contributed by atoms with Crippen molar-refractivity contribution >= 4 is 40.3 Å². The minimum Gasteiger partial charge on any atom is -0.455 e. The number of hydrogen-bond donors (Lipinski definition) is 1. The van der Waals surface area contributed by atoms with E-state index >= 15 is 0 Å². The van der Waals surface area contributed by atoms with Gasteiger partial charge >= 0.3 is 5.97 Å². The molecule has 1 N–H and O–H groups in total. The molecule has 0 unspecified atom stereocenters. The van der Waals surface area contributed by atoms with Crippen molar-refractivity contribution in [3.8, 4) is 0 Å². The monoisotopic (exact) mass is 375 g/mol. The highest BCUT2D eigenvalue weighted by atomic mass is 32.1. The number of hydrogen-bond acceptors (Lipinski definition) is 6. The normalized spacial score (nSPS) is 20.7. The minimum absolute atomic E-state index is 0.0902. The van der Waals surface area contributed by atoms with Crippen molar-refractivity contribution in [2.24, 2.45) is 17.3 Å². The maximum absolute atomic E-state index is 12.3. The molecule has 0 aliphatic heterocycles. The standard InChI is InChI=1S/C19H25N3O3S/c1-19(2,3)13-9-7-12(8-10-13)18(24)25-11-16(23)20-14-5-4-6-15-17(14)22-26-21-15/h4-6,12-13H,7-11H2,1-3H3,(H,20,23). The second kappa shape index (κ2) is 7.70. The van der Waals surface area contributed by atoms with Crippen molar-refractivity contribution < 1.29 is 14.3 Å². The van der Waals surface area contributed by atoms with Crippen LogP contribution in [0, 0.1) is 17.3 Å². The van der Waals surface area contributed by atoms with E-state index < -0.39 is 0 Å².